The predicted molar refractivity (Wildman–Crippen MR) is 177 cm³/mol. The van der Waals surface area contributed by atoms with Gasteiger partial charge in [-0.2, -0.15) is 0 Å². The molecule has 0 bridgehead atoms. The van der Waals surface area contributed by atoms with Crippen LogP contribution in [0.2, 0.25) is 0 Å². The van der Waals surface area contributed by atoms with Gasteiger partial charge in [0.25, 0.3) is 11.8 Å². The van der Waals surface area contributed by atoms with Gasteiger partial charge in [0, 0.05) is 59.9 Å². The molecule has 0 aliphatic carbocycles. The standard InChI is InChI=1S/C37H35FN6O4/c1-43-16-6-11-31(43)30-18-24-20-39-33(19-29(24)40-30)41-35(46)26-13-12-22(17-28(26)38)7-3-2-4-8-23-9-5-10-25-27(23)21-44(37(25)48)32-14-15-34(45)42-36(32)47/h5,9-10,12-13,17-20,31-32,40H,2-3,6-7,11,14-16,21H2,1H3,(H,39,41,46)(H,42,45,47)/t31-,32?/m1/s1. The number of unbranched alkanes of at least 4 members (excludes halogenated alkanes) is 1. The monoisotopic (exact) mass is 646 g/mol. The summed E-state index contributed by atoms with van der Waals surface area (Å²) < 4.78 is 15.0. The number of pyridine rings is 1. The molecule has 7 rings (SSSR count). The fourth-order valence-electron chi connectivity index (χ4n) is 6.92. The largest absolute Gasteiger partial charge is 0.357 e. The molecule has 10 nitrogen and oxygen atoms in total. The number of aromatic amines is 1. The second kappa shape index (κ2) is 13.0. The molecule has 2 aromatic carbocycles. The highest BCUT2D eigenvalue weighted by Gasteiger charge is 2.39. The molecule has 5 heterocycles. The van der Waals surface area contributed by atoms with E-state index in [1.807, 2.05) is 6.07 Å². The van der Waals surface area contributed by atoms with Crippen molar-refractivity contribution in [2.75, 3.05) is 18.9 Å². The highest BCUT2D eigenvalue weighted by atomic mass is 19.1. The lowest BCUT2D eigenvalue weighted by Crippen LogP contribution is -2.52. The molecule has 0 spiro atoms. The van der Waals surface area contributed by atoms with E-state index >= 15 is 4.39 Å². The van der Waals surface area contributed by atoms with E-state index in [1.165, 1.54) is 17.0 Å². The van der Waals surface area contributed by atoms with Gasteiger partial charge in [-0.3, -0.25) is 29.4 Å². The molecule has 48 heavy (non-hydrogen) atoms. The Morgan fingerprint density at radius 2 is 1.98 bits per heavy atom. The molecular weight excluding hydrogens is 611 g/mol. The summed E-state index contributed by atoms with van der Waals surface area (Å²) in [6, 6.07) is 13.5. The minimum Gasteiger partial charge on any atom is -0.357 e. The number of halogens is 1. The number of aromatic nitrogens is 2. The molecule has 1 unspecified atom stereocenters. The molecule has 3 aliphatic rings. The number of hydrogen-bond donors (Lipinski definition) is 3. The Morgan fingerprint density at radius 3 is 2.77 bits per heavy atom. The maximum Gasteiger partial charge on any atom is 0.259 e. The minimum absolute atomic E-state index is 0.0565. The van der Waals surface area contributed by atoms with Crippen molar-refractivity contribution in [3.05, 3.63) is 94.1 Å². The zero-order valence-electron chi connectivity index (χ0n) is 26.6. The van der Waals surface area contributed by atoms with Crippen molar-refractivity contribution in [1.29, 1.82) is 0 Å². The number of carbonyl (C=O) groups is 4. The number of benzene rings is 2. The molecule has 4 amide bonds. The Kier molecular flexibility index (Phi) is 8.50. The molecule has 244 valence electrons. The number of fused-ring (bicyclic) bond motifs is 2. The number of anilines is 1. The van der Waals surface area contributed by atoms with Crippen LogP contribution in [0, 0.1) is 17.7 Å². The fraction of sp³-hybridized carbons (Fsp3) is 0.324. The van der Waals surface area contributed by atoms with Gasteiger partial charge in [-0.15, -0.1) is 0 Å². The summed E-state index contributed by atoms with van der Waals surface area (Å²) in [7, 11) is 2.12. The summed E-state index contributed by atoms with van der Waals surface area (Å²) in [5.41, 5.74) is 4.72. The molecule has 3 N–H and O–H groups in total. The zero-order valence-corrected chi connectivity index (χ0v) is 26.6. The first-order valence-corrected chi connectivity index (χ1v) is 16.3. The summed E-state index contributed by atoms with van der Waals surface area (Å²) in [5.74, 6) is 4.49. The molecule has 2 fully saturated rings. The lowest BCUT2D eigenvalue weighted by molar-refractivity contribution is -0.136. The number of nitrogens with one attached hydrogen (secondary N) is 3. The van der Waals surface area contributed by atoms with Crippen LogP contribution < -0.4 is 10.6 Å². The Morgan fingerprint density at radius 1 is 1.10 bits per heavy atom. The van der Waals surface area contributed by atoms with Crippen LogP contribution in [-0.2, 0) is 22.6 Å². The number of likely N-dealkylation sites (tertiary alicyclic amines) is 1. The molecule has 0 radical (unpaired) electrons. The summed E-state index contributed by atoms with van der Waals surface area (Å²) in [6.07, 6.45) is 6.26. The van der Waals surface area contributed by atoms with Crippen LogP contribution >= 0.6 is 0 Å². The maximum atomic E-state index is 15.0. The third kappa shape index (κ3) is 6.19. The van der Waals surface area contributed by atoms with E-state index in [0.29, 0.717) is 43.1 Å². The van der Waals surface area contributed by atoms with Gasteiger partial charge in [-0.25, -0.2) is 9.37 Å². The summed E-state index contributed by atoms with van der Waals surface area (Å²) in [5, 5.41) is 6.00. The molecule has 2 saturated heterocycles. The normalized spacial score (nSPS) is 19.3. The van der Waals surface area contributed by atoms with Crippen LogP contribution in [0.25, 0.3) is 10.9 Å². The van der Waals surface area contributed by atoms with Crippen molar-refractivity contribution in [3.63, 3.8) is 0 Å². The Labute approximate surface area is 277 Å². The molecule has 2 aromatic heterocycles. The van der Waals surface area contributed by atoms with Crippen molar-refractivity contribution >= 4 is 40.3 Å². The number of piperidine rings is 1. The van der Waals surface area contributed by atoms with Crippen LogP contribution in [0.4, 0.5) is 10.2 Å². The van der Waals surface area contributed by atoms with Crippen molar-refractivity contribution in [1.82, 2.24) is 25.1 Å². The smallest absolute Gasteiger partial charge is 0.259 e. The Hall–Kier alpha value is -5.34. The minimum atomic E-state index is -0.677. The molecule has 0 saturated carbocycles. The van der Waals surface area contributed by atoms with Crippen LogP contribution in [0.15, 0.2) is 54.7 Å². The van der Waals surface area contributed by atoms with Crippen molar-refractivity contribution in [2.45, 2.75) is 63.6 Å². The van der Waals surface area contributed by atoms with Gasteiger partial charge in [0.1, 0.15) is 17.7 Å². The third-order valence-corrected chi connectivity index (χ3v) is 9.50. The van der Waals surface area contributed by atoms with E-state index in [0.717, 1.165) is 52.7 Å². The van der Waals surface area contributed by atoms with Gasteiger partial charge in [0.2, 0.25) is 11.8 Å². The molecule has 3 aliphatic heterocycles. The van der Waals surface area contributed by atoms with Gasteiger partial charge in [-0.05, 0) is 87.2 Å². The van der Waals surface area contributed by atoms with E-state index in [9.17, 15) is 19.2 Å². The molecule has 2 atom stereocenters. The number of H-pyrrole nitrogens is 1. The van der Waals surface area contributed by atoms with Gasteiger partial charge in [0.15, 0.2) is 0 Å². The van der Waals surface area contributed by atoms with E-state index in [2.05, 4.69) is 50.5 Å². The number of hydrogen-bond acceptors (Lipinski definition) is 6. The number of carbonyl (C=O) groups excluding carboxylic acids is 4. The Balaban J connectivity index is 0.938. The van der Waals surface area contributed by atoms with Gasteiger partial charge in [-0.1, -0.05) is 24.0 Å². The van der Waals surface area contributed by atoms with Gasteiger partial charge < -0.3 is 15.2 Å². The number of imide groups is 1. The van der Waals surface area contributed by atoms with Crippen molar-refractivity contribution in [2.24, 2.45) is 0 Å². The maximum absolute atomic E-state index is 15.0. The van der Waals surface area contributed by atoms with Crippen LogP contribution in [-0.4, -0.2) is 63.0 Å². The molecule has 11 heteroatoms. The SMILES string of the molecule is CN1CCC[C@@H]1c1cc2cnc(NC(=O)c3ccc(CCCC#Cc4cccc5c4CN(C4CCC(=O)NC4=O)C5=O)cc3F)cc2[nH]1. The number of rotatable bonds is 7. The van der Waals surface area contributed by atoms with Crippen molar-refractivity contribution in [3.8, 4) is 11.8 Å². The number of nitrogens with zero attached hydrogens (tertiary/aromatic N) is 3. The molecule has 4 aromatic rings. The molecular formula is C37H35FN6O4. The first kappa shape index (κ1) is 31.3. The average Bonchev–Trinajstić information content (AvgIpc) is 3.77. The average molecular weight is 647 g/mol. The topological polar surface area (TPSA) is 128 Å². The third-order valence-electron chi connectivity index (χ3n) is 9.50. The van der Waals surface area contributed by atoms with Crippen molar-refractivity contribution < 1.29 is 23.6 Å². The summed E-state index contributed by atoms with van der Waals surface area (Å²) in [4.78, 5) is 61.5. The number of aryl methyl sites for hydroxylation is 1. The zero-order chi connectivity index (χ0) is 33.4. The summed E-state index contributed by atoms with van der Waals surface area (Å²) >= 11 is 0. The van der Waals surface area contributed by atoms with E-state index in [1.54, 1.807) is 30.5 Å². The highest BCUT2D eigenvalue weighted by Crippen LogP contribution is 2.32. The van der Waals surface area contributed by atoms with Crippen LogP contribution in [0.5, 0.6) is 0 Å². The first-order valence-electron chi connectivity index (χ1n) is 16.3. The number of amides is 4. The van der Waals surface area contributed by atoms with E-state index in [4.69, 9.17) is 0 Å². The fourth-order valence-corrected chi connectivity index (χ4v) is 6.92. The summed E-state index contributed by atoms with van der Waals surface area (Å²) in [6.45, 7) is 1.33. The van der Waals surface area contributed by atoms with E-state index < -0.39 is 23.7 Å². The Bertz CT molecular complexity index is 2030. The predicted octanol–water partition coefficient (Wildman–Crippen LogP) is 4.86. The lowest BCUT2D eigenvalue weighted by Gasteiger charge is -2.29. The second-order valence-electron chi connectivity index (χ2n) is 12.7. The second-order valence-corrected chi connectivity index (χ2v) is 12.7. The van der Waals surface area contributed by atoms with Crippen LogP contribution in [0.3, 0.4) is 0 Å². The first-order chi connectivity index (χ1) is 23.2. The highest BCUT2D eigenvalue weighted by molar-refractivity contribution is 6.06. The lowest BCUT2D eigenvalue weighted by atomic mass is 10.0. The van der Waals surface area contributed by atoms with Gasteiger partial charge in [0.05, 0.1) is 11.1 Å². The van der Waals surface area contributed by atoms with Gasteiger partial charge >= 0.3 is 0 Å². The van der Waals surface area contributed by atoms with E-state index in [-0.39, 0.29) is 30.3 Å². The van der Waals surface area contributed by atoms with Crippen LogP contribution in [0.1, 0.15) is 87.7 Å². The quantitative estimate of drug-likeness (QED) is 0.150.